The van der Waals surface area contributed by atoms with Gasteiger partial charge in [0.05, 0.1) is 22.5 Å². The molecular weight excluding hydrogens is 442 g/mol. The molecule has 166 valence electrons. The Balaban J connectivity index is 1.48. The quantitative estimate of drug-likeness (QED) is 0.286. The van der Waals surface area contributed by atoms with Crippen LogP contribution in [0.1, 0.15) is 37.5 Å². The average Bonchev–Trinajstić information content (AvgIpc) is 3.33. The summed E-state index contributed by atoms with van der Waals surface area (Å²) in [4.78, 5) is 37.2. The lowest BCUT2D eigenvalue weighted by atomic mass is 10.0. The standard InChI is InChI=1S/C28H21N3O2S/c1-19-8-7-12-24-25(19)30-28(34-24)31(18-23-11-5-6-17-29-23)27(33)22-15-13-21(14-16-22)26(32)20-9-3-2-4-10-20/h2-17H,18H2,1H3. The van der Waals surface area contributed by atoms with Crippen molar-refractivity contribution in [3.8, 4) is 0 Å². The molecule has 0 N–H and O–H groups in total. The summed E-state index contributed by atoms with van der Waals surface area (Å²) < 4.78 is 1.03. The van der Waals surface area contributed by atoms with Gasteiger partial charge in [-0.05, 0) is 42.8 Å². The zero-order valence-corrected chi connectivity index (χ0v) is 19.3. The Bertz CT molecular complexity index is 1460. The number of thiazole rings is 1. The highest BCUT2D eigenvalue weighted by molar-refractivity contribution is 7.22. The van der Waals surface area contributed by atoms with Crippen molar-refractivity contribution in [1.29, 1.82) is 0 Å². The third-order valence-electron chi connectivity index (χ3n) is 5.56. The molecule has 0 atom stereocenters. The highest BCUT2D eigenvalue weighted by atomic mass is 32.1. The van der Waals surface area contributed by atoms with Gasteiger partial charge in [-0.3, -0.25) is 19.5 Å². The van der Waals surface area contributed by atoms with Crippen LogP contribution in [0.3, 0.4) is 0 Å². The van der Waals surface area contributed by atoms with Crippen molar-refractivity contribution in [2.75, 3.05) is 4.90 Å². The van der Waals surface area contributed by atoms with Crippen LogP contribution < -0.4 is 4.90 Å². The second-order valence-electron chi connectivity index (χ2n) is 7.90. The van der Waals surface area contributed by atoms with Crippen LogP contribution in [0, 0.1) is 6.92 Å². The number of amides is 1. The van der Waals surface area contributed by atoms with Crippen molar-refractivity contribution in [3.05, 3.63) is 125 Å². The highest BCUT2D eigenvalue weighted by Gasteiger charge is 2.23. The zero-order valence-electron chi connectivity index (χ0n) is 18.5. The number of aromatic nitrogens is 2. The second-order valence-corrected chi connectivity index (χ2v) is 8.91. The van der Waals surface area contributed by atoms with E-state index in [9.17, 15) is 9.59 Å². The SMILES string of the molecule is Cc1cccc2sc(N(Cc3ccccn3)C(=O)c3ccc(C(=O)c4ccccc4)cc3)nc12. The number of hydrogen-bond donors (Lipinski definition) is 0. The van der Waals surface area contributed by atoms with E-state index in [-0.39, 0.29) is 11.7 Å². The van der Waals surface area contributed by atoms with Crippen LogP contribution in [0.5, 0.6) is 0 Å². The summed E-state index contributed by atoms with van der Waals surface area (Å²) in [7, 11) is 0. The fraction of sp³-hybridized carbons (Fsp3) is 0.0714. The lowest BCUT2D eigenvalue weighted by Crippen LogP contribution is -2.30. The van der Waals surface area contributed by atoms with E-state index in [0.29, 0.717) is 28.4 Å². The van der Waals surface area contributed by atoms with Crippen molar-refractivity contribution in [1.82, 2.24) is 9.97 Å². The summed E-state index contributed by atoms with van der Waals surface area (Å²) in [6.45, 7) is 2.31. The molecular formula is C28H21N3O2S. The van der Waals surface area contributed by atoms with E-state index < -0.39 is 0 Å². The minimum atomic E-state index is -0.193. The smallest absolute Gasteiger partial charge is 0.260 e. The number of para-hydroxylation sites is 1. The maximum absolute atomic E-state index is 13.6. The number of carbonyl (C=O) groups is 2. The van der Waals surface area contributed by atoms with Gasteiger partial charge in [0.25, 0.3) is 5.91 Å². The number of nitrogens with zero attached hydrogens (tertiary/aromatic N) is 3. The summed E-state index contributed by atoms with van der Waals surface area (Å²) in [5.41, 5.74) is 4.36. The molecule has 6 heteroatoms. The first kappa shape index (κ1) is 21.7. The molecule has 2 aromatic heterocycles. The van der Waals surface area contributed by atoms with Gasteiger partial charge in [-0.2, -0.15) is 0 Å². The largest absolute Gasteiger partial charge is 0.289 e. The van der Waals surface area contributed by atoms with Gasteiger partial charge in [0.15, 0.2) is 10.9 Å². The molecule has 0 aliphatic rings. The number of ketones is 1. The van der Waals surface area contributed by atoms with Gasteiger partial charge in [-0.15, -0.1) is 0 Å². The molecule has 34 heavy (non-hydrogen) atoms. The minimum absolute atomic E-state index is 0.0772. The predicted molar refractivity (Wildman–Crippen MR) is 135 cm³/mol. The van der Waals surface area contributed by atoms with Crippen LogP contribution in [0.25, 0.3) is 10.2 Å². The Kier molecular flexibility index (Phi) is 5.97. The van der Waals surface area contributed by atoms with Gasteiger partial charge in [-0.25, -0.2) is 4.98 Å². The molecule has 0 bridgehead atoms. The molecule has 0 aliphatic heterocycles. The van der Waals surface area contributed by atoms with E-state index >= 15 is 0 Å². The first-order chi connectivity index (χ1) is 16.6. The van der Waals surface area contributed by atoms with Crippen LogP contribution in [0.15, 0.2) is 97.2 Å². The molecule has 0 unspecified atom stereocenters. The first-order valence-corrected chi connectivity index (χ1v) is 11.7. The number of carbonyl (C=O) groups excluding carboxylic acids is 2. The zero-order chi connectivity index (χ0) is 23.5. The van der Waals surface area contributed by atoms with Crippen LogP contribution in [0.2, 0.25) is 0 Å². The molecule has 3 aromatic carbocycles. The van der Waals surface area contributed by atoms with Gasteiger partial charge >= 0.3 is 0 Å². The summed E-state index contributed by atoms with van der Waals surface area (Å²) in [6, 6.07) is 27.6. The molecule has 0 saturated carbocycles. The van der Waals surface area contributed by atoms with Crippen molar-refractivity contribution in [2.24, 2.45) is 0 Å². The molecule has 5 nitrogen and oxygen atoms in total. The van der Waals surface area contributed by atoms with Gasteiger partial charge in [0.1, 0.15) is 0 Å². The van der Waals surface area contributed by atoms with Crippen molar-refractivity contribution >= 4 is 38.4 Å². The lowest BCUT2D eigenvalue weighted by Gasteiger charge is -2.19. The molecule has 0 saturated heterocycles. The van der Waals surface area contributed by atoms with Gasteiger partial charge in [0, 0.05) is 22.9 Å². The third-order valence-corrected chi connectivity index (χ3v) is 6.61. The molecule has 0 radical (unpaired) electrons. The topological polar surface area (TPSA) is 63.2 Å². The maximum Gasteiger partial charge on any atom is 0.260 e. The molecule has 2 heterocycles. The Hall–Kier alpha value is -4.16. The van der Waals surface area contributed by atoms with Crippen molar-refractivity contribution < 1.29 is 9.59 Å². The normalized spacial score (nSPS) is 10.9. The molecule has 1 amide bonds. The van der Waals surface area contributed by atoms with Gasteiger partial charge in [0.2, 0.25) is 0 Å². The predicted octanol–water partition coefficient (Wildman–Crippen LogP) is 6.08. The molecule has 0 aliphatic carbocycles. The van der Waals surface area contributed by atoms with Crippen molar-refractivity contribution in [2.45, 2.75) is 13.5 Å². The average molecular weight is 464 g/mol. The van der Waals surface area contributed by atoms with Gasteiger partial charge < -0.3 is 0 Å². The van der Waals surface area contributed by atoms with E-state index in [0.717, 1.165) is 21.5 Å². The van der Waals surface area contributed by atoms with Crippen LogP contribution in [-0.4, -0.2) is 21.7 Å². The number of rotatable bonds is 6. The van der Waals surface area contributed by atoms with Gasteiger partial charge in [-0.1, -0.05) is 72.0 Å². The number of fused-ring (bicyclic) bond motifs is 1. The molecule has 5 rings (SSSR count). The second kappa shape index (κ2) is 9.37. The maximum atomic E-state index is 13.6. The Morgan fingerprint density at radius 3 is 2.21 bits per heavy atom. The Morgan fingerprint density at radius 2 is 1.50 bits per heavy atom. The van der Waals surface area contributed by atoms with Crippen LogP contribution in [-0.2, 0) is 6.54 Å². The minimum Gasteiger partial charge on any atom is -0.289 e. The highest BCUT2D eigenvalue weighted by Crippen LogP contribution is 2.32. The van der Waals surface area contributed by atoms with Crippen LogP contribution >= 0.6 is 11.3 Å². The van der Waals surface area contributed by atoms with E-state index in [1.165, 1.54) is 11.3 Å². The summed E-state index contributed by atoms with van der Waals surface area (Å²) in [5, 5.41) is 0.615. The third kappa shape index (κ3) is 4.36. The number of anilines is 1. The number of hydrogen-bond acceptors (Lipinski definition) is 5. The lowest BCUT2D eigenvalue weighted by molar-refractivity contribution is 0.0982. The Labute approximate surface area is 201 Å². The number of aryl methyl sites for hydroxylation is 1. The molecule has 0 fully saturated rings. The van der Waals surface area contributed by atoms with Crippen LogP contribution in [0.4, 0.5) is 5.13 Å². The summed E-state index contributed by atoms with van der Waals surface area (Å²) in [5.74, 6) is -0.271. The van der Waals surface area contributed by atoms with E-state index in [2.05, 4.69) is 4.98 Å². The van der Waals surface area contributed by atoms with Crippen molar-refractivity contribution in [3.63, 3.8) is 0 Å². The Morgan fingerprint density at radius 1 is 0.794 bits per heavy atom. The summed E-state index contributed by atoms with van der Waals surface area (Å²) >= 11 is 1.48. The van der Waals surface area contributed by atoms with E-state index in [1.54, 1.807) is 47.5 Å². The molecule has 5 aromatic rings. The first-order valence-electron chi connectivity index (χ1n) is 10.9. The van der Waals surface area contributed by atoms with E-state index in [1.807, 2.05) is 61.5 Å². The fourth-order valence-corrected chi connectivity index (χ4v) is 4.79. The van der Waals surface area contributed by atoms with E-state index in [4.69, 9.17) is 4.98 Å². The molecule has 0 spiro atoms. The monoisotopic (exact) mass is 463 g/mol. The summed E-state index contributed by atoms with van der Waals surface area (Å²) in [6.07, 6.45) is 1.71. The fourth-order valence-electron chi connectivity index (χ4n) is 3.75. The number of pyridine rings is 1. The number of benzene rings is 3.